The third-order valence-corrected chi connectivity index (χ3v) is 4.20. The molecule has 2 N–H and O–H groups in total. The highest BCUT2D eigenvalue weighted by molar-refractivity contribution is 6.08. The number of para-hydroxylation sites is 1. The number of carbonyl (C=O) groups is 3. The fourth-order valence-corrected chi connectivity index (χ4v) is 3.10. The molecule has 0 unspecified atom stereocenters. The van der Waals surface area contributed by atoms with Gasteiger partial charge in [-0.25, -0.2) is 0 Å². The molecule has 0 radical (unpaired) electrons. The van der Waals surface area contributed by atoms with E-state index in [4.69, 9.17) is 0 Å². The first-order valence-electron chi connectivity index (χ1n) is 7.06. The Morgan fingerprint density at radius 1 is 1.10 bits per heavy atom. The molecule has 2 aliphatic rings. The molecule has 1 heterocycles. The number of benzene rings is 1. The van der Waals surface area contributed by atoms with Crippen molar-refractivity contribution in [3.05, 3.63) is 29.8 Å². The Morgan fingerprint density at radius 2 is 1.67 bits per heavy atom. The summed E-state index contributed by atoms with van der Waals surface area (Å²) in [5.74, 6) is -2.14. The molecule has 3 rings (SSSR count). The van der Waals surface area contributed by atoms with Gasteiger partial charge in [0.25, 0.3) is 17.7 Å². The minimum atomic E-state index is -0.659. The lowest BCUT2D eigenvalue weighted by molar-refractivity contribution is -0.142. The van der Waals surface area contributed by atoms with Gasteiger partial charge in [-0.3, -0.25) is 19.8 Å². The maximum atomic E-state index is 12.2. The Labute approximate surface area is 121 Å². The van der Waals surface area contributed by atoms with Gasteiger partial charge in [0, 0.05) is 0 Å². The first-order valence-corrected chi connectivity index (χ1v) is 7.06. The van der Waals surface area contributed by atoms with Crippen LogP contribution in [0.1, 0.15) is 36.0 Å². The molecule has 2 atom stereocenters. The van der Waals surface area contributed by atoms with Gasteiger partial charge in [0.1, 0.15) is 5.75 Å². The van der Waals surface area contributed by atoms with Gasteiger partial charge in [0.05, 0.1) is 17.4 Å². The minimum Gasteiger partial charge on any atom is -0.507 e. The van der Waals surface area contributed by atoms with E-state index in [2.05, 4.69) is 5.43 Å². The van der Waals surface area contributed by atoms with Crippen LogP contribution in [0.25, 0.3) is 0 Å². The highest BCUT2D eigenvalue weighted by atomic mass is 16.3. The summed E-state index contributed by atoms with van der Waals surface area (Å²) >= 11 is 0. The molecule has 6 nitrogen and oxygen atoms in total. The number of imide groups is 1. The van der Waals surface area contributed by atoms with Gasteiger partial charge in [-0.2, -0.15) is 5.01 Å². The van der Waals surface area contributed by atoms with Crippen LogP contribution in [-0.4, -0.2) is 27.8 Å². The zero-order chi connectivity index (χ0) is 15.0. The van der Waals surface area contributed by atoms with Crippen LogP contribution in [0.4, 0.5) is 0 Å². The summed E-state index contributed by atoms with van der Waals surface area (Å²) in [6.07, 6.45) is 3.25. The fourth-order valence-electron chi connectivity index (χ4n) is 3.10. The minimum absolute atomic E-state index is 0.0352. The quantitative estimate of drug-likeness (QED) is 0.801. The first-order chi connectivity index (χ1) is 10.1. The van der Waals surface area contributed by atoms with Gasteiger partial charge in [-0.05, 0) is 25.0 Å². The zero-order valence-corrected chi connectivity index (χ0v) is 11.4. The normalized spacial score (nSPS) is 24.9. The van der Waals surface area contributed by atoms with E-state index < -0.39 is 5.91 Å². The van der Waals surface area contributed by atoms with Gasteiger partial charge < -0.3 is 5.11 Å². The second-order valence-electron chi connectivity index (χ2n) is 5.47. The molecule has 2 fully saturated rings. The largest absolute Gasteiger partial charge is 0.507 e. The average Bonchev–Trinajstić information content (AvgIpc) is 2.73. The van der Waals surface area contributed by atoms with Crippen molar-refractivity contribution in [2.45, 2.75) is 25.7 Å². The lowest BCUT2D eigenvalue weighted by Gasteiger charge is -2.19. The summed E-state index contributed by atoms with van der Waals surface area (Å²) in [6.45, 7) is 0. The van der Waals surface area contributed by atoms with Gasteiger partial charge in [0.2, 0.25) is 0 Å². The number of phenolic OH excluding ortho intramolecular Hbond substituents is 1. The molecule has 3 amide bonds. The molecule has 1 aromatic rings. The van der Waals surface area contributed by atoms with Crippen LogP contribution in [0.5, 0.6) is 5.75 Å². The molecule has 0 bridgehead atoms. The molecular formula is C15H16N2O4. The molecule has 0 spiro atoms. The number of fused-ring (bicyclic) bond motifs is 1. The van der Waals surface area contributed by atoms with E-state index in [1.807, 2.05) is 0 Å². The summed E-state index contributed by atoms with van der Waals surface area (Å²) in [6, 6.07) is 6.00. The summed E-state index contributed by atoms with van der Waals surface area (Å²) in [4.78, 5) is 36.6. The second kappa shape index (κ2) is 5.20. The summed E-state index contributed by atoms with van der Waals surface area (Å²) < 4.78 is 0. The molecule has 1 saturated carbocycles. The lowest BCUT2D eigenvalue weighted by atomic mass is 9.81. The van der Waals surface area contributed by atoms with Crippen LogP contribution in [-0.2, 0) is 9.59 Å². The van der Waals surface area contributed by atoms with Crippen LogP contribution in [0, 0.1) is 11.8 Å². The van der Waals surface area contributed by atoms with Crippen molar-refractivity contribution >= 4 is 17.7 Å². The van der Waals surface area contributed by atoms with E-state index in [9.17, 15) is 19.5 Å². The summed E-state index contributed by atoms with van der Waals surface area (Å²) in [7, 11) is 0. The van der Waals surface area contributed by atoms with Crippen molar-refractivity contribution in [2.24, 2.45) is 11.8 Å². The lowest BCUT2D eigenvalue weighted by Crippen LogP contribution is -2.46. The van der Waals surface area contributed by atoms with E-state index in [1.165, 1.54) is 12.1 Å². The standard InChI is InChI=1S/C15H16N2O4/c18-12-8-4-3-7-11(12)13(19)16-17-14(20)9-5-1-2-6-10(9)15(17)21/h3-4,7-10,18H,1-2,5-6H2,(H,16,19)/t9-,10-/m1/s1. The number of phenols is 1. The van der Waals surface area contributed by atoms with E-state index in [1.54, 1.807) is 12.1 Å². The van der Waals surface area contributed by atoms with E-state index in [0.29, 0.717) is 12.8 Å². The van der Waals surface area contributed by atoms with Gasteiger partial charge in [0.15, 0.2) is 0 Å². The third-order valence-electron chi connectivity index (χ3n) is 4.20. The number of nitrogens with zero attached hydrogens (tertiary/aromatic N) is 1. The Morgan fingerprint density at radius 3 is 2.24 bits per heavy atom. The predicted molar refractivity (Wildman–Crippen MR) is 72.9 cm³/mol. The molecule has 1 aliphatic heterocycles. The van der Waals surface area contributed by atoms with Crippen LogP contribution >= 0.6 is 0 Å². The highest BCUT2D eigenvalue weighted by Gasteiger charge is 2.49. The SMILES string of the molecule is O=C(NN1C(=O)[C@@H]2CCCC[C@H]2C1=O)c1ccccc1O. The van der Waals surface area contributed by atoms with Crippen molar-refractivity contribution < 1.29 is 19.5 Å². The molecule has 0 aromatic heterocycles. The number of hydrazine groups is 1. The predicted octanol–water partition coefficient (Wildman–Crippen LogP) is 1.21. The van der Waals surface area contributed by atoms with Gasteiger partial charge >= 0.3 is 0 Å². The number of amides is 3. The Hall–Kier alpha value is -2.37. The molecule has 21 heavy (non-hydrogen) atoms. The van der Waals surface area contributed by atoms with E-state index >= 15 is 0 Å². The van der Waals surface area contributed by atoms with Gasteiger partial charge in [-0.1, -0.05) is 25.0 Å². The van der Waals surface area contributed by atoms with E-state index in [-0.39, 0.29) is 35.0 Å². The zero-order valence-electron chi connectivity index (χ0n) is 11.4. The topological polar surface area (TPSA) is 86.7 Å². The average molecular weight is 288 g/mol. The fraction of sp³-hybridized carbons (Fsp3) is 0.400. The number of rotatable bonds is 2. The number of carbonyl (C=O) groups excluding carboxylic acids is 3. The van der Waals surface area contributed by atoms with E-state index in [0.717, 1.165) is 17.9 Å². The van der Waals surface area contributed by atoms with Crippen LogP contribution in [0.15, 0.2) is 24.3 Å². The molecule has 1 aliphatic carbocycles. The Kier molecular flexibility index (Phi) is 3.37. The van der Waals surface area contributed by atoms with Crippen LogP contribution in [0.2, 0.25) is 0 Å². The first kappa shape index (κ1) is 13.6. The second-order valence-corrected chi connectivity index (χ2v) is 5.47. The number of aromatic hydroxyl groups is 1. The third kappa shape index (κ3) is 2.26. The van der Waals surface area contributed by atoms with Crippen LogP contribution in [0.3, 0.4) is 0 Å². The smallest absolute Gasteiger partial charge is 0.274 e. The van der Waals surface area contributed by atoms with Crippen molar-refractivity contribution in [2.75, 3.05) is 0 Å². The molecular weight excluding hydrogens is 272 g/mol. The van der Waals surface area contributed by atoms with Crippen molar-refractivity contribution in [3.8, 4) is 5.75 Å². The summed E-state index contributed by atoms with van der Waals surface area (Å²) in [5, 5.41) is 10.5. The Bertz CT molecular complexity index is 589. The summed E-state index contributed by atoms with van der Waals surface area (Å²) in [5.41, 5.74) is 2.36. The molecule has 1 saturated heterocycles. The van der Waals surface area contributed by atoms with Crippen LogP contribution < -0.4 is 5.43 Å². The number of hydrogen-bond acceptors (Lipinski definition) is 4. The van der Waals surface area contributed by atoms with Gasteiger partial charge in [-0.15, -0.1) is 0 Å². The highest BCUT2D eigenvalue weighted by Crippen LogP contribution is 2.37. The molecule has 110 valence electrons. The number of hydrogen-bond donors (Lipinski definition) is 2. The molecule has 6 heteroatoms. The van der Waals surface area contributed by atoms with Crippen molar-refractivity contribution in [3.63, 3.8) is 0 Å². The monoisotopic (exact) mass is 288 g/mol. The maximum absolute atomic E-state index is 12.2. The van der Waals surface area contributed by atoms with Crippen molar-refractivity contribution in [1.82, 2.24) is 10.4 Å². The maximum Gasteiger partial charge on any atom is 0.274 e. The Balaban J connectivity index is 1.79. The van der Waals surface area contributed by atoms with Crippen molar-refractivity contribution in [1.29, 1.82) is 0 Å². The molecule has 1 aromatic carbocycles. The number of nitrogens with one attached hydrogen (secondary N) is 1.